The molecule has 2 nitrogen and oxygen atoms in total. The van der Waals surface area contributed by atoms with Gasteiger partial charge in [-0.1, -0.05) is 26.1 Å². The highest BCUT2D eigenvalue weighted by Gasteiger charge is 2.32. The number of rotatable bonds is 2. The smallest absolute Gasteiger partial charge is 0.0870 e. The normalized spacial score (nSPS) is 37.1. The molecule has 0 bridgehead atoms. The van der Waals surface area contributed by atoms with Crippen LogP contribution in [-0.2, 0) is 0 Å². The summed E-state index contributed by atoms with van der Waals surface area (Å²) in [6, 6.07) is 0.626. The largest absolute Gasteiger partial charge is 0.392 e. The van der Waals surface area contributed by atoms with Gasteiger partial charge in [0.05, 0.1) is 4.99 Å². The zero-order chi connectivity index (χ0) is 9.30. The molecule has 0 amide bonds. The fraction of sp³-hybridized carbons (Fsp3) is 0.889. The molecule has 1 aliphatic rings. The van der Waals surface area contributed by atoms with E-state index in [0.29, 0.717) is 11.0 Å². The van der Waals surface area contributed by atoms with Crippen LogP contribution in [-0.4, -0.2) is 29.0 Å². The van der Waals surface area contributed by atoms with Gasteiger partial charge in [-0.2, -0.15) is 0 Å². The minimum atomic E-state index is 0.614. The molecule has 0 aromatic rings. The van der Waals surface area contributed by atoms with Crippen LogP contribution in [0.2, 0.25) is 0 Å². The molecule has 2 N–H and O–H groups in total. The van der Waals surface area contributed by atoms with Crippen molar-refractivity contribution in [3.63, 3.8) is 0 Å². The van der Waals surface area contributed by atoms with Crippen molar-refractivity contribution >= 4 is 17.2 Å². The first-order valence-electron chi connectivity index (χ1n) is 4.54. The Hall–Kier alpha value is -0.150. The lowest BCUT2D eigenvalue weighted by Gasteiger charge is -2.21. The molecule has 1 fully saturated rings. The van der Waals surface area contributed by atoms with Crippen LogP contribution in [0.5, 0.6) is 0 Å². The van der Waals surface area contributed by atoms with Gasteiger partial charge in [-0.25, -0.2) is 0 Å². The number of hydrogen-bond acceptors (Lipinski definition) is 2. The van der Waals surface area contributed by atoms with Gasteiger partial charge < -0.3 is 5.73 Å². The molecule has 3 heteroatoms. The Labute approximate surface area is 80.1 Å². The van der Waals surface area contributed by atoms with Gasteiger partial charge in [0.15, 0.2) is 0 Å². The minimum Gasteiger partial charge on any atom is -0.392 e. The molecule has 1 saturated heterocycles. The molecule has 0 radical (unpaired) electrons. The SMILES string of the molecule is CC1CN(CC(N)=S)C(C)C1C. The highest BCUT2D eigenvalue weighted by atomic mass is 32.1. The molecule has 3 unspecified atom stereocenters. The van der Waals surface area contributed by atoms with Crippen molar-refractivity contribution in [3.05, 3.63) is 0 Å². The second kappa shape index (κ2) is 3.71. The lowest BCUT2D eigenvalue weighted by molar-refractivity contribution is 0.281. The molecule has 0 saturated carbocycles. The second-order valence-electron chi connectivity index (χ2n) is 3.97. The Morgan fingerprint density at radius 2 is 2.08 bits per heavy atom. The maximum atomic E-state index is 5.52. The average Bonchev–Trinajstić information content (AvgIpc) is 2.17. The minimum absolute atomic E-state index is 0.614. The van der Waals surface area contributed by atoms with E-state index in [9.17, 15) is 0 Å². The zero-order valence-corrected chi connectivity index (χ0v) is 8.90. The van der Waals surface area contributed by atoms with Crippen LogP contribution in [0.15, 0.2) is 0 Å². The van der Waals surface area contributed by atoms with E-state index in [-0.39, 0.29) is 0 Å². The fourth-order valence-corrected chi connectivity index (χ4v) is 2.08. The van der Waals surface area contributed by atoms with Crippen molar-refractivity contribution in [2.75, 3.05) is 13.1 Å². The third kappa shape index (κ3) is 1.96. The molecular formula is C9H18N2S. The van der Waals surface area contributed by atoms with Gasteiger partial charge in [-0.15, -0.1) is 0 Å². The Morgan fingerprint density at radius 1 is 1.50 bits per heavy atom. The van der Waals surface area contributed by atoms with Crippen molar-refractivity contribution in [1.82, 2.24) is 4.90 Å². The van der Waals surface area contributed by atoms with E-state index >= 15 is 0 Å². The topological polar surface area (TPSA) is 29.3 Å². The predicted octanol–water partition coefficient (Wildman–Crippen LogP) is 1.25. The van der Waals surface area contributed by atoms with E-state index in [4.69, 9.17) is 18.0 Å². The standard InChI is InChI=1S/C9H18N2S/c1-6-4-11(5-9(10)12)8(3)7(6)2/h6-8H,4-5H2,1-3H3,(H2,10,12). The van der Waals surface area contributed by atoms with E-state index in [0.717, 1.165) is 24.9 Å². The molecule has 0 spiro atoms. The molecule has 1 heterocycles. The van der Waals surface area contributed by atoms with E-state index in [1.54, 1.807) is 0 Å². The lowest BCUT2D eigenvalue weighted by Crippen LogP contribution is -2.36. The summed E-state index contributed by atoms with van der Waals surface area (Å²) >= 11 is 4.90. The van der Waals surface area contributed by atoms with Gasteiger partial charge in [-0.3, -0.25) is 4.90 Å². The van der Waals surface area contributed by atoms with Crippen molar-refractivity contribution in [3.8, 4) is 0 Å². The lowest BCUT2D eigenvalue weighted by atomic mass is 9.95. The Kier molecular flexibility index (Phi) is 3.07. The van der Waals surface area contributed by atoms with Crippen molar-refractivity contribution < 1.29 is 0 Å². The summed E-state index contributed by atoms with van der Waals surface area (Å²) in [6.07, 6.45) is 0. The van der Waals surface area contributed by atoms with Crippen LogP contribution in [0.4, 0.5) is 0 Å². The number of nitrogens with two attached hydrogens (primary N) is 1. The summed E-state index contributed by atoms with van der Waals surface area (Å²) in [6.45, 7) is 8.77. The number of likely N-dealkylation sites (tertiary alicyclic amines) is 1. The molecular weight excluding hydrogens is 168 g/mol. The van der Waals surface area contributed by atoms with Crippen LogP contribution >= 0.6 is 12.2 Å². The van der Waals surface area contributed by atoms with Crippen LogP contribution in [0, 0.1) is 11.8 Å². The fourth-order valence-electron chi connectivity index (χ4n) is 1.92. The monoisotopic (exact) mass is 186 g/mol. The number of thiocarbonyl (C=S) groups is 1. The molecule has 0 aromatic heterocycles. The Morgan fingerprint density at radius 3 is 2.42 bits per heavy atom. The van der Waals surface area contributed by atoms with Gasteiger partial charge in [0, 0.05) is 19.1 Å². The third-order valence-corrected chi connectivity index (χ3v) is 3.24. The third-order valence-electron chi connectivity index (χ3n) is 3.12. The predicted molar refractivity (Wildman–Crippen MR) is 56.1 cm³/mol. The van der Waals surface area contributed by atoms with Gasteiger partial charge in [0.1, 0.15) is 0 Å². The Balaban J connectivity index is 2.52. The van der Waals surface area contributed by atoms with Gasteiger partial charge in [-0.05, 0) is 18.8 Å². The van der Waals surface area contributed by atoms with E-state index < -0.39 is 0 Å². The van der Waals surface area contributed by atoms with Gasteiger partial charge >= 0.3 is 0 Å². The highest BCUT2D eigenvalue weighted by Crippen LogP contribution is 2.28. The molecule has 3 atom stereocenters. The second-order valence-corrected chi connectivity index (χ2v) is 4.50. The van der Waals surface area contributed by atoms with Crippen molar-refractivity contribution in [2.45, 2.75) is 26.8 Å². The maximum absolute atomic E-state index is 5.52. The van der Waals surface area contributed by atoms with Crippen LogP contribution in [0.1, 0.15) is 20.8 Å². The maximum Gasteiger partial charge on any atom is 0.0870 e. The van der Waals surface area contributed by atoms with E-state index in [2.05, 4.69) is 25.7 Å². The summed E-state index contributed by atoms with van der Waals surface area (Å²) in [5, 5.41) is 0. The number of hydrogen-bond donors (Lipinski definition) is 1. The summed E-state index contributed by atoms with van der Waals surface area (Å²) in [7, 11) is 0. The summed E-state index contributed by atoms with van der Waals surface area (Å²) in [4.78, 5) is 2.99. The molecule has 1 rings (SSSR count). The van der Waals surface area contributed by atoms with Gasteiger partial charge in [0.2, 0.25) is 0 Å². The van der Waals surface area contributed by atoms with E-state index in [1.165, 1.54) is 0 Å². The molecule has 0 aromatic carbocycles. The molecule has 70 valence electrons. The molecule has 12 heavy (non-hydrogen) atoms. The zero-order valence-electron chi connectivity index (χ0n) is 8.08. The van der Waals surface area contributed by atoms with Crippen molar-refractivity contribution in [2.24, 2.45) is 17.6 Å². The quantitative estimate of drug-likeness (QED) is 0.658. The van der Waals surface area contributed by atoms with E-state index in [1.807, 2.05) is 0 Å². The Bertz CT molecular complexity index is 181. The highest BCUT2D eigenvalue weighted by molar-refractivity contribution is 7.80. The van der Waals surface area contributed by atoms with Crippen LogP contribution < -0.4 is 5.73 Å². The van der Waals surface area contributed by atoms with Crippen molar-refractivity contribution in [1.29, 1.82) is 0 Å². The summed E-state index contributed by atoms with van der Waals surface area (Å²) in [5.41, 5.74) is 5.52. The summed E-state index contributed by atoms with van der Waals surface area (Å²) < 4.78 is 0. The number of nitrogens with zero attached hydrogens (tertiary/aromatic N) is 1. The van der Waals surface area contributed by atoms with Crippen LogP contribution in [0.25, 0.3) is 0 Å². The van der Waals surface area contributed by atoms with Gasteiger partial charge in [0.25, 0.3) is 0 Å². The average molecular weight is 186 g/mol. The first-order valence-corrected chi connectivity index (χ1v) is 4.95. The molecule has 1 aliphatic heterocycles. The van der Waals surface area contributed by atoms with Crippen LogP contribution in [0.3, 0.4) is 0 Å². The first-order chi connectivity index (χ1) is 5.52. The molecule has 0 aliphatic carbocycles. The summed E-state index contributed by atoms with van der Waals surface area (Å²) in [5.74, 6) is 1.54. The first kappa shape index (κ1) is 9.93.